The Hall–Kier alpha value is -1.79. The molecule has 3 atom stereocenters. The van der Waals surface area contributed by atoms with Gasteiger partial charge in [0.1, 0.15) is 6.04 Å². The van der Waals surface area contributed by atoms with E-state index in [4.69, 9.17) is 4.74 Å². The molecule has 2 amide bonds. The number of hydrogen-bond acceptors (Lipinski definition) is 4. The van der Waals surface area contributed by atoms with Gasteiger partial charge in [-0.05, 0) is 30.6 Å². The standard InChI is InChI=1S/C17H28N2O5/c1-11(20)18-7-5-12-9-13(15(21)22)19(14(12)10-18)16(23)24-8-6-17(2,3)4/h12-14H,5-10H2,1-4H3,(H,21,22). The van der Waals surface area contributed by atoms with Crippen LogP contribution in [0.15, 0.2) is 0 Å². The molecule has 7 nitrogen and oxygen atoms in total. The molecule has 0 spiro atoms. The van der Waals surface area contributed by atoms with Crippen LogP contribution in [0.3, 0.4) is 0 Å². The van der Waals surface area contributed by atoms with Crippen LogP contribution in [-0.2, 0) is 14.3 Å². The number of carboxylic acid groups (broad SMARTS) is 1. The summed E-state index contributed by atoms with van der Waals surface area (Å²) in [7, 11) is 0. The minimum atomic E-state index is -1.01. The average molecular weight is 340 g/mol. The summed E-state index contributed by atoms with van der Waals surface area (Å²) in [5, 5.41) is 9.48. The van der Waals surface area contributed by atoms with Crippen LogP contribution < -0.4 is 0 Å². The summed E-state index contributed by atoms with van der Waals surface area (Å²) < 4.78 is 5.35. The van der Waals surface area contributed by atoms with Gasteiger partial charge in [-0.15, -0.1) is 0 Å². The summed E-state index contributed by atoms with van der Waals surface area (Å²) in [6.45, 7) is 8.93. The van der Waals surface area contributed by atoms with Crippen LogP contribution in [0, 0.1) is 11.3 Å². The van der Waals surface area contributed by atoms with E-state index in [2.05, 4.69) is 20.8 Å². The van der Waals surface area contributed by atoms with Gasteiger partial charge in [-0.2, -0.15) is 0 Å². The summed E-state index contributed by atoms with van der Waals surface area (Å²) in [5.41, 5.74) is 0.0380. The van der Waals surface area contributed by atoms with Crippen LogP contribution in [0.4, 0.5) is 4.79 Å². The zero-order chi connectivity index (χ0) is 18.1. The summed E-state index contributed by atoms with van der Waals surface area (Å²) in [6.07, 6.45) is 1.28. The van der Waals surface area contributed by atoms with E-state index < -0.39 is 18.1 Å². The molecular formula is C17H28N2O5. The first-order valence-corrected chi connectivity index (χ1v) is 8.53. The Kier molecular flexibility index (Phi) is 5.40. The number of carbonyl (C=O) groups excluding carboxylic acids is 2. The first-order chi connectivity index (χ1) is 11.1. The third-order valence-electron chi connectivity index (χ3n) is 4.96. The highest BCUT2D eigenvalue weighted by molar-refractivity contribution is 5.81. The number of carboxylic acids is 1. The Bertz CT molecular complexity index is 514. The van der Waals surface area contributed by atoms with E-state index in [1.165, 1.54) is 11.8 Å². The van der Waals surface area contributed by atoms with Gasteiger partial charge in [0.25, 0.3) is 0 Å². The molecule has 0 aliphatic carbocycles. The third kappa shape index (κ3) is 4.19. The summed E-state index contributed by atoms with van der Waals surface area (Å²) in [6, 6.07) is -1.14. The van der Waals surface area contributed by atoms with Crippen LogP contribution in [0.1, 0.15) is 47.0 Å². The molecule has 0 saturated carbocycles. The van der Waals surface area contributed by atoms with E-state index in [0.29, 0.717) is 25.9 Å². The number of carbonyl (C=O) groups is 3. The zero-order valence-electron chi connectivity index (χ0n) is 14.9. The summed E-state index contributed by atoms with van der Waals surface area (Å²) in [5.74, 6) is -0.948. The normalized spacial score (nSPS) is 26.9. The first kappa shape index (κ1) is 18.5. The zero-order valence-corrected chi connectivity index (χ0v) is 14.9. The number of likely N-dealkylation sites (tertiary alicyclic amines) is 2. The molecule has 2 heterocycles. The lowest BCUT2D eigenvalue weighted by Gasteiger charge is -2.38. The highest BCUT2D eigenvalue weighted by Crippen LogP contribution is 2.36. The second-order valence-corrected chi connectivity index (χ2v) is 8.00. The topological polar surface area (TPSA) is 87.2 Å². The number of rotatable bonds is 3. The van der Waals surface area contributed by atoms with Crippen molar-refractivity contribution in [3.05, 3.63) is 0 Å². The van der Waals surface area contributed by atoms with Crippen LogP contribution in [0.2, 0.25) is 0 Å². The third-order valence-corrected chi connectivity index (χ3v) is 4.96. The molecule has 3 unspecified atom stereocenters. The second-order valence-electron chi connectivity index (χ2n) is 8.00. The van der Waals surface area contributed by atoms with Gasteiger partial charge in [0.2, 0.25) is 5.91 Å². The van der Waals surface area contributed by atoms with Crippen LogP contribution >= 0.6 is 0 Å². The largest absolute Gasteiger partial charge is 0.480 e. The number of amides is 2. The van der Waals surface area contributed by atoms with Gasteiger partial charge in [-0.1, -0.05) is 20.8 Å². The van der Waals surface area contributed by atoms with Gasteiger partial charge in [0.15, 0.2) is 0 Å². The molecule has 2 aliphatic rings. The fraction of sp³-hybridized carbons (Fsp3) is 0.824. The molecule has 0 radical (unpaired) electrons. The van der Waals surface area contributed by atoms with Crippen molar-refractivity contribution in [1.29, 1.82) is 0 Å². The smallest absolute Gasteiger partial charge is 0.410 e. The molecule has 0 aromatic carbocycles. The monoisotopic (exact) mass is 340 g/mol. The Balaban J connectivity index is 2.08. The highest BCUT2D eigenvalue weighted by Gasteiger charge is 2.50. The number of hydrogen-bond donors (Lipinski definition) is 1. The molecule has 136 valence electrons. The van der Waals surface area contributed by atoms with Crippen molar-refractivity contribution >= 4 is 18.0 Å². The van der Waals surface area contributed by atoms with Crippen molar-refractivity contribution in [3.8, 4) is 0 Å². The first-order valence-electron chi connectivity index (χ1n) is 8.53. The summed E-state index contributed by atoms with van der Waals surface area (Å²) in [4.78, 5) is 38.8. The minimum absolute atomic E-state index is 0.0380. The SMILES string of the molecule is CC(=O)N1CCC2CC(C(=O)O)N(C(=O)OCCC(C)(C)C)C2C1. The molecule has 0 aromatic rings. The molecule has 7 heteroatoms. The Labute approximate surface area is 142 Å². The van der Waals surface area contributed by atoms with Crippen molar-refractivity contribution in [1.82, 2.24) is 9.80 Å². The fourth-order valence-corrected chi connectivity index (χ4v) is 3.49. The molecule has 0 aromatic heterocycles. The van der Waals surface area contributed by atoms with Gasteiger partial charge in [0.05, 0.1) is 12.6 Å². The maximum absolute atomic E-state index is 12.5. The lowest BCUT2D eigenvalue weighted by Crippen LogP contribution is -2.53. The minimum Gasteiger partial charge on any atom is -0.480 e. The number of ether oxygens (including phenoxy) is 1. The van der Waals surface area contributed by atoms with Crippen LogP contribution in [0.25, 0.3) is 0 Å². The molecule has 0 bridgehead atoms. The van der Waals surface area contributed by atoms with Crippen molar-refractivity contribution < 1.29 is 24.2 Å². The lowest BCUT2D eigenvalue weighted by molar-refractivity contribution is -0.142. The van der Waals surface area contributed by atoms with Gasteiger partial charge < -0.3 is 14.7 Å². The van der Waals surface area contributed by atoms with E-state index in [1.807, 2.05) is 0 Å². The molecule has 2 aliphatic heterocycles. The average Bonchev–Trinajstić information content (AvgIpc) is 2.84. The molecule has 24 heavy (non-hydrogen) atoms. The van der Waals surface area contributed by atoms with Crippen molar-refractivity contribution in [3.63, 3.8) is 0 Å². The molecular weight excluding hydrogens is 312 g/mol. The lowest BCUT2D eigenvalue weighted by atomic mass is 9.91. The highest BCUT2D eigenvalue weighted by atomic mass is 16.6. The van der Waals surface area contributed by atoms with E-state index in [9.17, 15) is 19.5 Å². The maximum atomic E-state index is 12.5. The number of piperidine rings is 1. The number of aliphatic carboxylic acids is 1. The van der Waals surface area contributed by atoms with Gasteiger partial charge >= 0.3 is 12.1 Å². The van der Waals surface area contributed by atoms with E-state index in [-0.39, 0.29) is 29.9 Å². The molecule has 2 saturated heterocycles. The fourth-order valence-electron chi connectivity index (χ4n) is 3.49. The van der Waals surface area contributed by atoms with Crippen LogP contribution in [0.5, 0.6) is 0 Å². The van der Waals surface area contributed by atoms with E-state index in [1.54, 1.807) is 4.90 Å². The second kappa shape index (κ2) is 6.99. The van der Waals surface area contributed by atoms with E-state index >= 15 is 0 Å². The Morgan fingerprint density at radius 2 is 1.92 bits per heavy atom. The van der Waals surface area contributed by atoms with Crippen molar-refractivity contribution in [2.24, 2.45) is 11.3 Å². The Morgan fingerprint density at radius 1 is 1.25 bits per heavy atom. The quantitative estimate of drug-likeness (QED) is 0.848. The molecule has 1 N–H and O–H groups in total. The summed E-state index contributed by atoms with van der Waals surface area (Å²) >= 11 is 0. The number of fused-ring (bicyclic) bond motifs is 1. The van der Waals surface area contributed by atoms with Gasteiger partial charge in [-0.25, -0.2) is 9.59 Å². The van der Waals surface area contributed by atoms with Crippen molar-refractivity contribution in [2.75, 3.05) is 19.7 Å². The van der Waals surface area contributed by atoms with Gasteiger partial charge in [0, 0.05) is 20.0 Å². The maximum Gasteiger partial charge on any atom is 0.410 e. The predicted octanol–water partition coefficient (Wildman–Crippen LogP) is 1.96. The van der Waals surface area contributed by atoms with Gasteiger partial charge in [-0.3, -0.25) is 9.69 Å². The number of nitrogens with zero attached hydrogens (tertiary/aromatic N) is 2. The van der Waals surface area contributed by atoms with Crippen LogP contribution in [-0.4, -0.2) is 64.7 Å². The van der Waals surface area contributed by atoms with Crippen molar-refractivity contribution in [2.45, 2.75) is 59.0 Å². The van der Waals surface area contributed by atoms with E-state index in [0.717, 1.165) is 6.42 Å². The predicted molar refractivity (Wildman–Crippen MR) is 87.4 cm³/mol. The Morgan fingerprint density at radius 3 is 2.46 bits per heavy atom. The molecule has 2 fully saturated rings. The molecule has 2 rings (SSSR count).